The Morgan fingerprint density at radius 2 is 2.04 bits per heavy atom. The van der Waals surface area contributed by atoms with Crippen LogP contribution in [0.15, 0.2) is 33.7 Å². The smallest absolute Gasteiger partial charge is 0.243 e. The van der Waals surface area contributed by atoms with Gasteiger partial charge in [0.15, 0.2) is 5.82 Å². The molecular formula is C18H24N4O4S. The summed E-state index contributed by atoms with van der Waals surface area (Å²) in [6.45, 7) is 2.84. The van der Waals surface area contributed by atoms with Gasteiger partial charge < -0.3 is 9.84 Å². The Hall–Kier alpha value is -2.26. The highest BCUT2D eigenvalue weighted by Gasteiger charge is 2.26. The van der Waals surface area contributed by atoms with Gasteiger partial charge in [0.1, 0.15) is 0 Å². The Bertz CT molecular complexity index is 888. The molecule has 1 aliphatic heterocycles. The number of hydrogen-bond donors (Lipinski definition) is 1. The molecule has 0 saturated carbocycles. The van der Waals surface area contributed by atoms with Crippen LogP contribution in [-0.4, -0.2) is 41.9 Å². The van der Waals surface area contributed by atoms with Gasteiger partial charge in [-0.3, -0.25) is 4.79 Å². The molecule has 1 amide bonds. The number of carbonyl (C=O) groups excluding carboxylic acids is 1. The van der Waals surface area contributed by atoms with E-state index in [1.807, 2.05) is 0 Å². The summed E-state index contributed by atoms with van der Waals surface area (Å²) in [6.07, 6.45) is 4.21. The average Bonchev–Trinajstić information content (AvgIpc) is 3.08. The van der Waals surface area contributed by atoms with Crippen LogP contribution in [0.4, 0.5) is 5.69 Å². The first-order valence-corrected chi connectivity index (χ1v) is 10.6. The molecular weight excluding hydrogens is 368 g/mol. The lowest BCUT2D eigenvalue weighted by Crippen LogP contribution is -2.35. The fraction of sp³-hybridized carbons (Fsp3) is 0.500. The molecule has 8 nitrogen and oxygen atoms in total. The van der Waals surface area contributed by atoms with E-state index in [0.29, 0.717) is 43.3 Å². The van der Waals surface area contributed by atoms with Gasteiger partial charge in [0, 0.05) is 31.6 Å². The van der Waals surface area contributed by atoms with Gasteiger partial charge in [0.05, 0.1) is 4.90 Å². The van der Waals surface area contributed by atoms with Gasteiger partial charge in [-0.1, -0.05) is 17.6 Å². The molecule has 0 aliphatic carbocycles. The first-order valence-electron chi connectivity index (χ1n) is 9.14. The van der Waals surface area contributed by atoms with Crippen LogP contribution in [-0.2, 0) is 21.2 Å². The topological polar surface area (TPSA) is 105 Å². The molecule has 146 valence electrons. The van der Waals surface area contributed by atoms with Crippen molar-refractivity contribution in [2.24, 2.45) is 0 Å². The zero-order valence-corrected chi connectivity index (χ0v) is 16.2. The lowest BCUT2D eigenvalue weighted by Gasteiger charge is -2.26. The molecule has 1 aromatic heterocycles. The highest BCUT2D eigenvalue weighted by atomic mass is 32.2. The van der Waals surface area contributed by atoms with Gasteiger partial charge >= 0.3 is 0 Å². The summed E-state index contributed by atoms with van der Waals surface area (Å²) in [4.78, 5) is 16.4. The van der Waals surface area contributed by atoms with E-state index in [9.17, 15) is 13.2 Å². The molecule has 1 N–H and O–H groups in total. The summed E-state index contributed by atoms with van der Waals surface area (Å²) >= 11 is 0. The van der Waals surface area contributed by atoms with Gasteiger partial charge in [0.25, 0.3) is 0 Å². The number of carbonyl (C=O) groups is 1. The summed E-state index contributed by atoms with van der Waals surface area (Å²) in [5.74, 6) is 0.898. The number of hydrogen-bond acceptors (Lipinski definition) is 6. The molecule has 0 radical (unpaired) electrons. The largest absolute Gasteiger partial charge is 0.339 e. The molecule has 0 unspecified atom stereocenters. The minimum absolute atomic E-state index is 0.182. The van der Waals surface area contributed by atoms with Crippen molar-refractivity contribution in [3.8, 4) is 0 Å². The van der Waals surface area contributed by atoms with Crippen LogP contribution in [0.25, 0.3) is 0 Å². The predicted octanol–water partition coefficient (Wildman–Crippen LogP) is 2.51. The van der Waals surface area contributed by atoms with E-state index in [-0.39, 0.29) is 17.2 Å². The third kappa shape index (κ3) is 5.14. The maximum atomic E-state index is 12.7. The summed E-state index contributed by atoms with van der Waals surface area (Å²) in [5, 5.41) is 6.47. The first kappa shape index (κ1) is 19.5. The van der Waals surface area contributed by atoms with Crippen molar-refractivity contribution in [1.29, 1.82) is 0 Å². The minimum Gasteiger partial charge on any atom is -0.339 e. The summed E-state index contributed by atoms with van der Waals surface area (Å²) < 4.78 is 32.0. The van der Waals surface area contributed by atoms with Crippen LogP contribution in [0, 0.1) is 6.92 Å². The fourth-order valence-corrected chi connectivity index (χ4v) is 4.62. The highest BCUT2D eigenvalue weighted by Crippen LogP contribution is 2.23. The lowest BCUT2D eigenvalue weighted by atomic mass is 10.2. The fourth-order valence-electron chi connectivity index (χ4n) is 3.05. The number of amides is 1. The highest BCUT2D eigenvalue weighted by molar-refractivity contribution is 7.89. The Balaban J connectivity index is 1.57. The van der Waals surface area contributed by atoms with Crippen LogP contribution in [0.3, 0.4) is 0 Å². The Morgan fingerprint density at radius 3 is 2.74 bits per heavy atom. The standard InChI is InChI=1S/C18H24N4O4S/c1-14-19-18(26-21-14)10-6-9-17(23)20-15-7-5-8-16(13-15)27(24,25)22-11-3-2-4-12-22/h5,7-8,13H,2-4,6,9-12H2,1H3,(H,20,23). The molecule has 0 bridgehead atoms. The first-order chi connectivity index (χ1) is 12.9. The zero-order chi connectivity index (χ0) is 19.3. The van der Waals surface area contributed by atoms with E-state index in [0.717, 1.165) is 19.3 Å². The quantitative estimate of drug-likeness (QED) is 0.776. The Morgan fingerprint density at radius 1 is 1.26 bits per heavy atom. The zero-order valence-electron chi connectivity index (χ0n) is 15.3. The van der Waals surface area contributed by atoms with Crippen LogP contribution in [0.2, 0.25) is 0 Å². The number of rotatable bonds is 7. The molecule has 0 atom stereocenters. The van der Waals surface area contributed by atoms with E-state index < -0.39 is 10.0 Å². The summed E-state index contributed by atoms with van der Waals surface area (Å²) in [6, 6.07) is 6.42. The van der Waals surface area contributed by atoms with E-state index >= 15 is 0 Å². The van der Waals surface area contributed by atoms with E-state index in [2.05, 4.69) is 15.5 Å². The second-order valence-corrected chi connectivity index (χ2v) is 8.57. The van der Waals surface area contributed by atoms with Crippen molar-refractivity contribution in [1.82, 2.24) is 14.4 Å². The predicted molar refractivity (Wildman–Crippen MR) is 99.7 cm³/mol. The number of aromatic nitrogens is 2. The lowest BCUT2D eigenvalue weighted by molar-refractivity contribution is -0.116. The van der Waals surface area contributed by atoms with Gasteiger partial charge in [0.2, 0.25) is 21.8 Å². The monoisotopic (exact) mass is 392 g/mol. The van der Waals surface area contributed by atoms with Crippen molar-refractivity contribution in [3.63, 3.8) is 0 Å². The van der Waals surface area contributed by atoms with Crippen molar-refractivity contribution in [3.05, 3.63) is 36.0 Å². The maximum Gasteiger partial charge on any atom is 0.243 e. The number of sulfonamides is 1. The van der Waals surface area contributed by atoms with Crippen molar-refractivity contribution in [2.45, 2.75) is 50.3 Å². The van der Waals surface area contributed by atoms with Crippen molar-refractivity contribution < 1.29 is 17.7 Å². The minimum atomic E-state index is -3.52. The van der Waals surface area contributed by atoms with Gasteiger partial charge in [-0.25, -0.2) is 8.42 Å². The molecule has 2 heterocycles. The maximum absolute atomic E-state index is 12.7. The van der Waals surface area contributed by atoms with Gasteiger partial charge in [-0.05, 0) is 44.4 Å². The third-order valence-corrected chi connectivity index (χ3v) is 6.33. The molecule has 2 aromatic rings. The third-order valence-electron chi connectivity index (χ3n) is 4.43. The Labute approximate surface area is 159 Å². The number of anilines is 1. The molecule has 27 heavy (non-hydrogen) atoms. The normalized spacial score (nSPS) is 15.6. The number of piperidine rings is 1. The number of nitrogens with zero attached hydrogens (tertiary/aromatic N) is 3. The molecule has 1 aliphatic rings. The molecule has 1 fully saturated rings. The van der Waals surface area contributed by atoms with Crippen LogP contribution in [0.1, 0.15) is 43.8 Å². The van der Waals surface area contributed by atoms with Crippen LogP contribution >= 0.6 is 0 Å². The van der Waals surface area contributed by atoms with Crippen molar-refractivity contribution in [2.75, 3.05) is 18.4 Å². The molecule has 3 rings (SSSR count). The van der Waals surface area contributed by atoms with Gasteiger partial charge in [-0.15, -0.1) is 0 Å². The number of nitrogens with one attached hydrogen (secondary N) is 1. The SMILES string of the molecule is Cc1noc(CCCC(=O)Nc2cccc(S(=O)(=O)N3CCCCC3)c2)n1. The average molecular weight is 392 g/mol. The van der Waals surface area contributed by atoms with Gasteiger partial charge in [-0.2, -0.15) is 9.29 Å². The van der Waals surface area contributed by atoms with E-state index in [1.54, 1.807) is 25.1 Å². The number of benzene rings is 1. The Kier molecular flexibility index (Phi) is 6.22. The molecule has 1 saturated heterocycles. The second kappa shape index (κ2) is 8.62. The summed E-state index contributed by atoms with van der Waals surface area (Å²) in [7, 11) is -3.52. The van der Waals surface area contributed by atoms with E-state index in [4.69, 9.17) is 4.52 Å². The van der Waals surface area contributed by atoms with Crippen LogP contribution in [0.5, 0.6) is 0 Å². The second-order valence-electron chi connectivity index (χ2n) is 6.63. The van der Waals surface area contributed by atoms with E-state index in [1.165, 1.54) is 10.4 Å². The molecule has 0 spiro atoms. The molecule has 1 aromatic carbocycles. The van der Waals surface area contributed by atoms with Crippen LogP contribution < -0.4 is 5.32 Å². The molecule has 9 heteroatoms. The van der Waals surface area contributed by atoms with Crippen molar-refractivity contribution >= 4 is 21.6 Å². The summed E-state index contributed by atoms with van der Waals surface area (Å²) in [5.41, 5.74) is 0.478. The number of aryl methyl sites for hydroxylation is 2.